The lowest BCUT2D eigenvalue weighted by Gasteiger charge is -2.52. The van der Waals surface area contributed by atoms with Crippen LogP contribution in [0.25, 0.3) is 0 Å². The average molecular weight is 240 g/mol. The van der Waals surface area contributed by atoms with E-state index in [1.54, 1.807) is 0 Å². The van der Waals surface area contributed by atoms with Crippen LogP contribution in [-0.4, -0.2) is 41.8 Å². The van der Waals surface area contributed by atoms with Crippen LogP contribution in [0.5, 0.6) is 0 Å². The van der Waals surface area contributed by atoms with E-state index in [2.05, 4.69) is 4.90 Å². The van der Waals surface area contributed by atoms with Crippen LogP contribution in [0.3, 0.4) is 0 Å². The van der Waals surface area contributed by atoms with Crippen molar-refractivity contribution in [1.82, 2.24) is 4.90 Å². The molecule has 0 aromatic rings. The Kier molecular flexibility index (Phi) is 4.83. The van der Waals surface area contributed by atoms with Crippen molar-refractivity contribution in [3.8, 4) is 0 Å². The molecule has 17 heavy (non-hydrogen) atoms. The number of nitrogens with two attached hydrogens (primary N) is 1. The van der Waals surface area contributed by atoms with Gasteiger partial charge in [0.15, 0.2) is 0 Å². The van der Waals surface area contributed by atoms with Gasteiger partial charge in [0.25, 0.3) is 0 Å². The van der Waals surface area contributed by atoms with Crippen molar-refractivity contribution in [1.29, 1.82) is 0 Å². The fourth-order valence-electron chi connectivity index (χ4n) is 3.95. The van der Waals surface area contributed by atoms with Gasteiger partial charge in [0, 0.05) is 18.1 Å². The summed E-state index contributed by atoms with van der Waals surface area (Å²) in [6.45, 7) is 3.33. The van der Waals surface area contributed by atoms with Crippen LogP contribution in [0.1, 0.15) is 51.4 Å². The Morgan fingerprint density at radius 1 is 1.00 bits per heavy atom. The molecule has 2 fully saturated rings. The van der Waals surface area contributed by atoms with Crippen LogP contribution in [0.4, 0.5) is 0 Å². The van der Waals surface area contributed by atoms with Crippen LogP contribution in [-0.2, 0) is 0 Å². The zero-order valence-electron chi connectivity index (χ0n) is 11.0. The normalized spacial score (nSPS) is 27.9. The second kappa shape index (κ2) is 6.17. The van der Waals surface area contributed by atoms with E-state index in [0.717, 1.165) is 0 Å². The van der Waals surface area contributed by atoms with Crippen molar-refractivity contribution >= 4 is 0 Å². The number of aliphatic hydroxyl groups excluding tert-OH is 1. The second-order valence-corrected chi connectivity index (χ2v) is 5.83. The molecule has 2 aliphatic rings. The van der Waals surface area contributed by atoms with Crippen molar-refractivity contribution in [3.63, 3.8) is 0 Å². The zero-order chi connectivity index (χ0) is 12.1. The van der Waals surface area contributed by atoms with E-state index >= 15 is 0 Å². The van der Waals surface area contributed by atoms with Gasteiger partial charge in [0.2, 0.25) is 0 Å². The quantitative estimate of drug-likeness (QED) is 0.787. The molecule has 1 aliphatic heterocycles. The number of aliphatic hydroxyl groups is 1. The van der Waals surface area contributed by atoms with Crippen LogP contribution >= 0.6 is 0 Å². The monoisotopic (exact) mass is 240 g/mol. The first-order valence-corrected chi connectivity index (χ1v) is 7.39. The highest BCUT2D eigenvalue weighted by atomic mass is 16.3. The molecular formula is C14H28N2O. The van der Waals surface area contributed by atoms with Crippen molar-refractivity contribution in [2.24, 2.45) is 11.7 Å². The third kappa shape index (κ3) is 2.67. The first kappa shape index (κ1) is 13.3. The average Bonchev–Trinajstić information content (AvgIpc) is 2.42. The Balaban J connectivity index is 2.14. The predicted octanol–water partition coefficient (Wildman–Crippen LogP) is 1.74. The largest absolute Gasteiger partial charge is 0.396 e. The first-order valence-electron chi connectivity index (χ1n) is 7.39. The van der Waals surface area contributed by atoms with Gasteiger partial charge in [0.1, 0.15) is 0 Å². The molecule has 1 aliphatic carbocycles. The van der Waals surface area contributed by atoms with E-state index < -0.39 is 0 Å². The SMILES string of the molecule is NCC(CO)C1(N2CCCCC2)CCCCC1. The molecular weight excluding hydrogens is 212 g/mol. The third-order valence-electron chi connectivity index (χ3n) is 4.97. The fourth-order valence-corrected chi connectivity index (χ4v) is 3.95. The van der Waals surface area contributed by atoms with Gasteiger partial charge < -0.3 is 10.8 Å². The second-order valence-electron chi connectivity index (χ2n) is 5.83. The van der Waals surface area contributed by atoms with Crippen LogP contribution in [0, 0.1) is 5.92 Å². The molecule has 2 rings (SSSR count). The Bertz CT molecular complexity index is 216. The van der Waals surface area contributed by atoms with Crippen molar-refractivity contribution in [2.75, 3.05) is 26.2 Å². The Labute approximate surface area is 105 Å². The lowest BCUT2D eigenvalue weighted by atomic mass is 9.71. The molecule has 1 unspecified atom stereocenters. The lowest BCUT2D eigenvalue weighted by molar-refractivity contribution is -0.0293. The molecule has 100 valence electrons. The molecule has 0 bridgehead atoms. The molecule has 0 amide bonds. The highest BCUT2D eigenvalue weighted by Gasteiger charge is 2.43. The highest BCUT2D eigenvalue weighted by molar-refractivity contribution is 4.99. The smallest absolute Gasteiger partial charge is 0.0489 e. The molecule has 3 N–H and O–H groups in total. The van der Waals surface area contributed by atoms with Gasteiger partial charge in [-0.25, -0.2) is 0 Å². The standard InChI is InChI=1S/C14H28N2O/c15-11-13(12-17)14(7-3-1-4-8-14)16-9-5-2-6-10-16/h13,17H,1-12,15H2. The Morgan fingerprint density at radius 2 is 1.59 bits per heavy atom. The molecule has 3 heteroatoms. The number of hydrogen-bond acceptors (Lipinski definition) is 3. The molecule has 1 saturated carbocycles. The first-order chi connectivity index (χ1) is 8.33. The van der Waals surface area contributed by atoms with Gasteiger partial charge in [-0.3, -0.25) is 4.90 Å². The maximum absolute atomic E-state index is 9.67. The van der Waals surface area contributed by atoms with E-state index in [1.807, 2.05) is 0 Å². The van der Waals surface area contributed by atoms with Gasteiger partial charge in [-0.05, 0) is 45.3 Å². The summed E-state index contributed by atoms with van der Waals surface area (Å²) in [6, 6.07) is 0. The maximum Gasteiger partial charge on any atom is 0.0489 e. The summed E-state index contributed by atoms with van der Waals surface area (Å²) in [5.41, 5.74) is 6.14. The number of nitrogens with zero attached hydrogens (tertiary/aromatic N) is 1. The number of rotatable bonds is 4. The highest BCUT2D eigenvalue weighted by Crippen LogP contribution is 2.40. The molecule has 1 heterocycles. The summed E-state index contributed by atoms with van der Waals surface area (Å²) >= 11 is 0. The van der Waals surface area contributed by atoms with Crippen LogP contribution in [0.2, 0.25) is 0 Å². The number of likely N-dealkylation sites (tertiary alicyclic amines) is 1. The third-order valence-corrected chi connectivity index (χ3v) is 4.97. The molecule has 0 spiro atoms. The molecule has 0 radical (unpaired) electrons. The minimum atomic E-state index is 0.224. The molecule has 1 atom stereocenters. The summed E-state index contributed by atoms with van der Waals surface area (Å²) in [5.74, 6) is 0.279. The summed E-state index contributed by atoms with van der Waals surface area (Å²) in [6.07, 6.45) is 10.5. The van der Waals surface area contributed by atoms with Gasteiger partial charge in [-0.1, -0.05) is 25.7 Å². The van der Waals surface area contributed by atoms with Crippen molar-refractivity contribution in [2.45, 2.75) is 56.9 Å². The lowest BCUT2D eigenvalue weighted by Crippen LogP contribution is -2.59. The Hall–Kier alpha value is -0.120. The van der Waals surface area contributed by atoms with Gasteiger partial charge in [-0.2, -0.15) is 0 Å². The van der Waals surface area contributed by atoms with Gasteiger partial charge >= 0.3 is 0 Å². The summed E-state index contributed by atoms with van der Waals surface area (Å²) in [7, 11) is 0. The molecule has 1 saturated heterocycles. The Morgan fingerprint density at radius 3 is 2.12 bits per heavy atom. The van der Waals surface area contributed by atoms with Crippen molar-refractivity contribution < 1.29 is 5.11 Å². The van der Waals surface area contributed by atoms with E-state index in [1.165, 1.54) is 64.5 Å². The van der Waals surface area contributed by atoms with E-state index in [-0.39, 0.29) is 18.1 Å². The van der Waals surface area contributed by atoms with E-state index in [0.29, 0.717) is 6.54 Å². The van der Waals surface area contributed by atoms with Crippen LogP contribution in [0.15, 0.2) is 0 Å². The number of hydrogen-bond donors (Lipinski definition) is 2. The van der Waals surface area contributed by atoms with E-state index in [9.17, 15) is 5.11 Å². The molecule has 0 aromatic carbocycles. The van der Waals surface area contributed by atoms with Gasteiger partial charge in [0.05, 0.1) is 0 Å². The summed E-state index contributed by atoms with van der Waals surface area (Å²) in [5, 5.41) is 9.67. The minimum Gasteiger partial charge on any atom is -0.396 e. The summed E-state index contributed by atoms with van der Waals surface area (Å²) < 4.78 is 0. The topological polar surface area (TPSA) is 49.5 Å². The zero-order valence-corrected chi connectivity index (χ0v) is 11.0. The number of piperidine rings is 1. The van der Waals surface area contributed by atoms with Crippen LogP contribution < -0.4 is 5.73 Å². The minimum absolute atomic E-state index is 0.224. The predicted molar refractivity (Wildman–Crippen MR) is 70.9 cm³/mol. The fraction of sp³-hybridized carbons (Fsp3) is 1.00. The van der Waals surface area contributed by atoms with Gasteiger partial charge in [-0.15, -0.1) is 0 Å². The molecule has 0 aromatic heterocycles. The van der Waals surface area contributed by atoms with Crippen molar-refractivity contribution in [3.05, 3.63) is 0 Å². The van der Waals surface area contributed by atoms with E-state index in [4.69, 9.17) is 5.73 Å². The molecule has 3 nitrogen and oxygen atoms in total. The maximum atomic E-state index is 9.67. The summed E-state index contributed by atoms with van der Waals surface area (Å²) in [4.78, 5) is 2.67.